The molecule has 0 spiro atoms. The molecule has 0 radical (unpaired) electrons. The molecule has 0 unspecified atom stereocenters. The van der Waals surface area contributed by atoms with Gasteiger partial charge >= 0.3 is 18.1 Å². The van der Waals surface area contributed by atoms with Crippen LogP contribution in [0.4, 0.5) is 13.2 Å². The van der Waals surface area contributed by atoms with Gasteiger partial charge in [0, 0.05) is 44.4 Å². The normalized spacial score (nSPS) is 14.9. The minimum absolute atomic E-state index is 0. The fourth-order valence-electron chi connectivity index (χ4n) is 3.96. The topological polar surface area (TPSA) is 84.3 Å². The van der Waals surface area contributed by atoms with Crippen LogP contribution in [0.3, 0.4) is 0 Å². The van der Waals surface area contributed by atoms with E-state index in [0.717, 1.165) is 24.3 Å². The van der Waals surface area contributed by atoms with Crippen molar-refractivity contribution in [1.82, 2.24) is 14.7 Å². The Labute approximate surface area is 215 Å². The minimum Gasteiger partial charge on any atom is -0.478 e. The van der Waals surface area contributed by atoms with Gasteiger partial charge in [0.05, 0.1) is 22.6 Å². The number of rotatable bonds is 9. The Kier molecular flexibility index (Phi) is 12.3. The summed E-state index contributed by atoms with van der Waals surface area (Å²) in [6.07, 6.45) is -3.89. The molecule has 35 heavy (non-hydrogen) atoms. The second-order valence-corrected chi connectivity index (χ2v) is 8.55. The summed E-state index contributed by atoms with van der Waals surface area (Å²) in [5.41, 5.74) is -0.0768. The summed E-state index contributed by atoms with van der Waals surface area (Å²) in [7, 11) is 8.99. The van der Waals surface area contributed by atoms with E-state index >= 15 is 0 Å². The standard InChI is InChI=1S/C23H30F3N3O4.2ClH/c1-27(2)12-10-16-19(21(30)31)18(14-6-8-15(9-7-14)23(24,25)26)20(22(32)33)17(29(16)5)11-13-28(3)4;;/h6-9,18H,10-13H2,1-5H3,(H,30,31)(H,32,33);2*1H. The molecule has 1 heterocycles. The van der Waals surface area contributed by atoms with Gasteiger partial charge in [0.15, 0.2) is 0 Å². The maximum Gasteiger partial charge on any atom is 0.416 e. The van der Waals surface area contributed by atoms with Crippen LogP contribution in [0.1, 0.15) is 29.9 Å². The Morgan fingerprint density at radius 2 is 1.23 bits per heavy atom. The average Bonchev–Trinajstić information content (AvgIpc) is 2.69. The Bertz CT molecular complexity index is 914. The molecule has 198 valence electrons. The monoisotopic (exact) mass is 541 g/mol. The summed E-state index contributed by atoms with van der Waals surface area (Å²) in [4.78, 5) is 30.2. The van der Waals surface area contributed by atoms with Crippen LogP contribution in [0.15, 0.2) is 46.8 Å². The molecule has 0 aromatic heterocycles. The Hall–Kier alpha value is -2.27. The summed E-state index contributed by atoms with van der Waals surface area (Å²) in [5.74, 6) is -3.80. The zero-order chi connectivity index (χ0) is 25.1. The van der Waals surface area contributed by atoms with Gasteiger partial charge in [0.25, 0.3) is 0 Å². The van der Waals surface area contributed by atoms with Crippen molar-refractivity contribution in [2.24, 2.45) is 0 Å². The summed E-state index contributed by atoms with van der Waals surface area (Å²) >= 11 is 0. The molecule has 0 bridgehead atoms. The first-order chi connectivity index (χ1) is 15.3. The van der Waals surface area contributed by atoms with Crippen LogP contribution >= 0.6 is 24.8 Å². The van der Waals surface area contributed by atoms with Gasteiger partial charge in [-0.25, -0.2) is 9.59 Å². The predicted molar refractivity (Wildman–Crippen MR) is 132 cm³/mol. The van der Waals surface area contributed by atoms with E-state index in [9.17, 15) is 33.0 Å². The van der Waals surface area contributed by atoms with Crippen molar-refractivity contribution >= 4 is 36.8 Å². The molecule has 0 amide bonds. The van der Waals surface area contributed by atoms with Crippen LogP contribution in [0.5, 0.6) is 0 Å². The fraction of sp³-hybridized carbons (Fsp3) is 0.478. The number of nitrogens with zero attached hydrogens (tertiary/aromatic N) is 3. The first-order valence-corrected chi connectivity index (χ1v) is 10.4. The lowest BCUT2D eigenvalue weighted by Crippen LogP contribution is -2.36. The third-order valence-electron chi connectivity index (χ3n) is 5.63. The van der Waals surface area contributed by atoms with Crippen molar-refractivity contribution in [3.8, 4) is 0 Å². The van der Waals surface area contributed by atoms with Crippen molar-refractivity contribution in [3.63, 3.8) is 0 Å². The van der Waals surface area contributed by atoms with Crippen LogP contribution in [-0.4, -0.2) is 85.2 Å². The molecule has 1 aliphatic rings. The lowest BCUT2D eigenvalue weighted by Gasteiger charge is -2.38. The third kappa shape index (κ3) is 7.86. The van der Waals surface area contributed by atoms with E-state index in [1.807, 2.05) is 38.0 Å². The summed E-state index contributed by atoms with van der Waals surface area (Å²) in [6, 6.07) is 4.03. The lowest BCUT2D eigenvalue weighted by atomic mass is 9.78. The van der Waals surface area contributed by atoms with Crippen LogP contribution in [0.2, 0.25) is 0 Å². The average molecular weight is 542 g/mol. The number of halogens is 5. The van der Waals surface area contributed by atoms with Gasteiger partial charge in [-0.05, 0) is 45.9 Å². The van der Waals surface area contributed by atoms with Crippen molar-refractivity contribution in [2.45, 2.75) is 24.9 Å². The lowest BCUT2D eigenvalue weighted by molar-refractivity contribution is -0.138. The van der Waals surface area contributed by atoms with E-state index < -0.39 is 29.6 Å². The van der Waals surface area contributed by atoms with E-state index in [0.29, 0.717) is 37.3 Å². The fourth-order valence-corrected chi connectivity index (χ4v) is 3.96. The Morgan fingerprint density at radius 3 is 1.51 bits per heavy atom. The largest absolute Gasteiger partial charge is 0.478 e. The molecule has 2 rings (SSSR count). The van der Waals surface area contributed by atoms with Crippen molar-refractivity contribution in [3.05, 3.63) is 57.9 Å². The van der Waals surface area contributed by atoms with Gasteiger partial charge in [-0.2, -0.15) is 13.2 Å². The highest BCUT2D eigenvalue weighted by molar-refractivity contribution is 5.98. The molecule has 0 aliphatic carbocycles. The second-order valence-electron chi connectivity index (χ2n) is 8.55. The Balaban J connectivity index is 0.00000578. The Morgan fingerprint density at radius 1 is 0.857 bits per heavy atom. The second kappa shape index (κ2) is 13.2. The summed E-state index contributed by atoms with van der Waals surface area (Å²) < 4.78 is 39.2. The number of hydrogen-bond acceptors (Lipinski definition) is 5. The highest BCUT2D eigenvalue weighted by Gasteiger charge is 2.41. The number of aliphatic carboxylic acids is 2. The predicted octanol–water partition coefficient (Wildman–Crippen LogP) is 4.16. The first kappa shape index (κ1) is 32.7. The van der Waals surface area contributed by atoms with E-state index in [1.54, 1.807) is 11.9 Å². The zero-order valence-electron chi connectivity index (χ0n) is 20.2. The van der Waals surface area contributed by atoms with Gasteiger partial charge in [-0.1, -0.05) is 12.1 Å². The highest BCUT2D eigenvalue weighted by atomic mass is 35.5. The zero-order valence-corrected chi connectivity index (χ0v) is 21.9. The minimum atomic E-state index is -4.56. The van der Waals surface area contributed by atoms with Crippen LogP contribution in [0.25, 0.3) is 0 Å². The molecule has 0 saturated heterocycles. The van der Waals surface area contributed by atoms with Crippen LogP contribution < -0.4 is 0 Å². The molecule has 0 atom stereocenters. The van der Waals surface area contributed by atoms with Crippen LogP contribution in [-0.2, 0) is 15.8 Å². The number of alkyl halides is 3. The third-order valence-corrected chi connectivity index (χ3v) is 5.63. The van der Waals surface area contributed by atoms with Gasteiger partial charge in [-0.15, -0.1) is 24.8 Å². The van der Waals surface area contributed by atoms with E-state index in [2.05, 4.69) is 0 Å². The quantitative estimate of drug-likeness (QED) is 0.485. The van der Waals surface area contributed by atoms with Crippen molar-refractivity contribution in [2.75, 3.05) is 48.3 Å². The van der Waals surface area contributed by atoms with Gasteiger partial charge in [-0.3, -0.25) is 0 Å². The molecule has 12 heteroatoms. The van der Waals surface area contributed by atoms with Gasteiger partial charge in [0.2, 0.25) is 0 Å². The van der Waals surface area contributed by atoms with Crippen LogP contribution in [0, 0.1) is 0 Å². The number of carboxylic acid groups (broad SMARTS) is 2. The summed E-state index contributed by atoms with van der Waals surface area (Å²) in [6.45, 7) is 1.03. The van der Waals surface area contributed by atoms with Gasteiger partial charge < -0.3 is 24.9 Å². The molecule has 0 fully saturated rings. The SMILES string of the molecule is CN(C)CCC1=C(C(=O)O)C(c2ccc(C(F)(F)F)cc2)C(C(=O)O)=C(CCN(C)C)N1C.Cl.Cl. The first-order valence-electron chi connectivity index (χ1n) is 10.4. The van der Waals surface area contributed by atoms with E-state index in [-0.39, 0.29) is 41.5 Å². The molecule has 2 N–H and O–H groups in total. The van der Waals surface area contributed by atoms with E-state index in [4.69, 9.17) is 0 Å². The number of carbonyl (C=O) groups is 2. The molecule has 7 nitrogen and oxygen atoms in total. The molecular formula is C23H32Cl2F3N3O4. The highest BCUT2D eigenvalue weighted by Crippen LogP contribution is 2.44. The number of hydrogen-bond donors (Lipinski definition) is 2. The number of carboxylic acids is 2. The number of benzene rings is 1. The molecule has 1 aromatic carbocycles. The molecule has 1 aromatic rings. The molecule has 1 aliphatic heterocycles. The summed E-state index contributed by atoms with van der Waals surface area (Å²) in [5, 5.41) is 20.2. The van der Waals surface area contributed by atoms with Crippen molar-refractivity contribution < 1.29 is 33.0 Å². The maximum absolute atomic E-state index is 13.1. The smallest absolute Gasteiger partial charge is 0.416 e. The van der Waals surface area contributed by atoms with Gasteiger partial charge in [0.1, 0.15) is 0 Å². The maximum atomic E-state index is 13.1. The molecular weight excluding hydrogens is 510 g/mol. The molecule has 0 saturated carbocycles. The van der Waals surface area contributed by atoms with Crippen molar-refractivity contribution in [1.29, 1.82) is 0 Å². The van der Waals surface area contributed by atoms with E-state index in [1.165, 1.54) is 0 Å².